The molecule has 6 nitrogen and oxygen atoms in total. The summed E-state index contributed by atoms with van der Waals surface area (Å²) in [6, 6.07) is 6.87. The van der Waals surface area contributed by atoms with Crippen LogP contribution in [0.2, 0.25) is 5.02 Å². The van der Waals surface area contributed by atoms with Gasteiger partial charge in [-0.1, -0.05) is 23.7 Å². The molecule has 1 N–H and O–H groups in total. The Bertz CT molecular complexity index is 627. The van der Waals surface area contributed by atoms with Crippen molar-refractivity contribution in [1.82, 2.24) is 25.5 Å². The van der Waals surface area contributed by atoms with Gasteiger partial charge in [-0.3, -0.25) is 4.79 Å². The molecular formula is C13H14ClN5O. The Morgan fingerprint density at radius 3 is 3.10 bits per heavy atom. The number of hydrogen-bond acceptors (Lipinski definition) is 4. The molecule has 0 aliphatic carbocycles. The van der Waals surface area contributed by atoms with Crippen molar-refractivity contribution in [2.75, 3.05) is 6.54 Å². The van der Waals surface area contributed by atoms with Gasteiger partial charge in [0.05, 0.1) is 0 Å². The van der Waals surface area contributed by atoms with Crippen LogP contribution in [-0.4, -0.2) is 32.7 Å². The number of benzene rings is 1. The summed E-state index contributed by atoms with van der Waals surface area (Å²) >= 11 is 5.95. The van der Waals surface area contributed by atoms with Crippen LogP contribution in [0.25, 0.3) is 11.4 Å². The van der Waals surface area contributed by atoms with Gasteiger partial charge in [-0.05, 0) is 36.6 Å². The Kier molecular flexibility index (Phi) is 3.64. The summed E-state index contributed by atoms with van der Waals surface area (Å²) in [5.41, 5.74) is 0.790. The number of halogens is 1. The van der Waals surface area contributed by atoms with Crippen LogP contribution in [0.1, 0.15) is 25.3 Å². The Morgan fingerprint density at radius 1 is 1.35 bits per heavy atom. The minimum absolute atomic E-state index is 0.0439. The van der Waals surface area contributed by atoms with Gasteiger partial charge in [0, 0.05) is 17.1 Å². The zero-order valence-corrected chi connectivity index (χ0v) is 11.5. The highest BCUT2D eigenvalue weighted by Crippen LogP contribution is 2.21. The Morgan fingerprint density at radius 2 is 2.25 bits per heavy atom. The molecule has 1 aromatic heterocycles. The maximum Gasteiger partial charge on any atom is 0.246 e. The van der Waals surface area contributed by atoms with Crippen LogP contribution in [0.15, 0.2) is 24.3 Å². The van der Waals surface area contributed by atoms with Gasteiger partial charge in [0.25, 0.3) is 0 Å². The minimum atomic E-state index is -0.377. The van der Waals surface area contributed by atoms with Gasteiger partial charge in [-0.25, -0.2) is 0 Å². The van der Waals surface area contributed by atoms with Gasteiger partial charge in [0.1, 0.15) is 0 Å². The van der Waals surface area contributed by atoms with Crippen molar-refractivity contribution in [3.63, 3.8) is 0 Å². The van der Waals surface area contributed by atoms with Gasteiger partial charge in [0.15, 0.2) is 6.04 Å². The number of hydrogen-bond donors (Lipinski definition) is 1. The van der Waals surface area contributed by atoms with Crippen LogP contribution in [0.4, 0.5) is 0 Å². The zero-order valence-electron chi connectivity index (χ0n) is 10.8. The number of aromatic nitrogens is 4. The third-order valence-corrected chi connectivity index (χ3v) is 3.53. The monoisotopic (exact) mass is 291 g/mol. The smallest absolute Gasteiger partial charge is 0.246 e. The van der Waals surface area contributed by atoms with Gasteiger partial charge < -0.3 is 5.32 Å². The number of nitrogens with zero attached hydrogens (tertiary/aromatic N) is 4. The van der Waals surface area contributed by atoms with E-state index >= 15 is 0 Å². The zero-order chi connectivity index (χ0) is 13.9. The lowest BCUT2D eigenvalue weighted by molar-refractivity contribution is -0.124. The van der Waals surface area contributed by atoms with Crippen molar-refractivity contribution in [2.24, 2.45) is 0 Å². The molecule has 104 valence electrons. The maximum absolute atomic E-state index is 12.0. The first-order chi connectivity index (χ1) is 9.74. The summed E-state index contributed by atoms with van der Waals surface area (Å²) in [6.07, 6.45) is 2.69. The van der Waals surface area contributed by atoms with E-state index < -0.39 is 0 Å². The third kappa shape index (κ3) is 2.65. The first-order valence-corrected chi connectivity index (χ1v) is 6.95. The van der Waals surface area contributed by atoms with E-state index in [-0.39, 0.29) is 11.9 Å². The minimum Gasteiger partial charge on any atom is -0.354 e. The van der Waals surface area contributed by atoms with E-state index in [9.17, 15) is 4.79 Å². The quantitative estimate of drug-likeness (QED) is 0.916. The molecule has 1 fully saturated rings. The molecule has 1 atom stereocenters. The fourth-order valence-corrected chi connectivity index (χ4v) is 2.43. The molecule has 0 saturated carbocycles. The molecule has 1 saturated heterocycles. The number of carbonyl (C=O) groups is 1. The third-order valence-electron chi connectivity index (χ3n) is 3.30. The van der Waals surface area contributed by atoms with Crippen molar-refractivity contribution < 1.29 is 4.79 Å². The predicted molar refractivity (Wildman–Crippen MR) is 74.2 cm³/mol. The second-order valence-corrected chi connectivity index (χ2v) is 5.18. The van der Waals surface area contributed by atoms with E-state index in [1.54, 1.807) is 12.1 Å². The normalized spacial score (nSPS) is 19.4. The average Bonchev–Trinajstić information content (AvgIpc) is 2.82. The van der Waals surface area contributed by atoms with Crippen LogP contribution in [0, 0.1) is 0 Å². The molecular weight excluding hydrogens is 278 g/mol. The second-order valence-electron chi connectivity index (χ2n) is 4.75. The van der Waals surface area contributed by atoms with E-state index in [0.717, 1.165) is 24.8 Å². The van der Waals surface area contributed by atoms with Crippen LogP contribution < -0.4 is 5.32 Å². The first kappa shape index (κ1) is 13.1. The van der Waals surface area contributed by atoms with E-state index in [1.165, 1.54) is 4.80 Å². The maximum atomic E-state index is 12.0. The lowest BCUT2D eigenvalue weighted by atomic mass is 10.1. The summed E-state index contributed by atoms with van der Waals surface area (Å²) < 4.78 is 0. The molecule has 2 heterocycles. The van der Waals surface area contributed by atoms with Crippen molar-refractivity contribution in [1.29, 1.82) is 0 Å². The number of tetrazole rings is 1. The second kappa shape index (κ2) is 5.58. The van der Waals surface area contributed by atoms with Gasteiger partial charge in [-0.2, -0.15) is 4.80 Å². The van der Waals surface area contributed by atoms with Crippen LogP contribution >= 0.6 is 11.6 Å². The molecule has 0 spiro atoms. The SMILES string of the molecule is O=C1NCCCC[C@@H]1n1nnc(-c2cccc(Cl)c2)n1. The Labute approximate surface area is 121 Å². The fraction of sp³-hybridized carbons (Fsp3) is 0.385. The van der Waals surface area contributed by atoms with Crippen molar-refractivity contribution in [3.05, 3.63) is 29.3 Å². The number of carbonyl (C=O) groups excluding carboxylic acids is 1. The molecule has 1 aliphatic rings. The fourth-order valence-electron chi connectivity index (χ4n) is 2.24. The number of rotatable bonds is 2. The van der Waals surface area contributed by atoms with E-state index in [0.29, 0.717) is 17.4 Å². The highest BCUT2D eigenvalue weighted by Gasteiger charge is 2.25. The highest BCUT2D eigenvalue weighted by molar-refractivity contribution is 6.30. The largest absolute Gasteiger partial charge is 0.354 e. The van der Waals surface area contributed by atoms with Crippen LogP contribution in [-0.2, 0) is 4.79 Å². The van der Waals surface area contributed by atoms with E-state index in [2.05, 4.69) is 20.7 Å². The lowest BCUT2D eigenvalue weighted by Gasteiger charge is -2.10. The lowest BCUT2D eigenvalue weighted by Crippen LogP contribution is -2.32. The van der Waals surface area contributed by atoms with Gasteiger partial charge in [-0.15, -0.1) is 10.2 Å². The summed E-state index contributed by atoms with van der Waals surface area (Å²) in [7, 11) is 0. The molecule has 1 amide bonds. The summed E-state index contributed by atoms with van der Waals surface area (Å²) in [6.45, 7) is 0.713. The molecule has 7 heteroatoms. The molecule has 2 aromatic rings. The molecule has 20 heavy (non-hydrogen) atoms. The van der Waals surface area contributed by atoms with E-state index in [4.69, 9.17) is 11.6 Å². The van der Waals surface area contributed by atoms with Crippen LogP contribution in [0.3, 0.4) is 0 Å². The topological polar surface area (TPSA) is 72.7 Å². The summed E-state index contributed by atoms with van der Waals surface area (Å²) in [5, 5.41) is 15.8. The Balaban J connectivity index is 1.87. The summed E-state index contributed by atoms with van der Waals surface area (Å²) in [5.74, 6) is 0.432. The molecule has 1 aliphatic heterocycles. The van der Waals surface area contributed by atoms with Crippen molar-refractivity contribution >= 4 is 17.5 Å². The van der Waals surface area contributed by atoms with E-state index in [1.807, 2.05) is 12.1 Å². The molecule has 1 aromatic carbocycles. The molecule has 0 radical (unpaired) electrons. The predicted octanol–water partition coefficient (Wildman–Crippen LogP) is 1.83. The van der Waals surface area contributed by atoms with Crippen molar-refractivity contribution in [3.8, 4) is 11.4 Å². The molecule has 0 unspecified atom stereocenters. The summed E-state index contributed by atoms with van der Waals surface area (Å²) in [4.78, 5) is 13.4. The standard InChI is InChI=1S/C13H14ClN5O/c14-10-5-3-4-9(8-10)12-16-18-19(17-12)11-6-1-2-7-15-13(11)20/h3-5,8,11H,1-2,6-7H2,(H,15,20)/t11-/m0/s1. The highest BCUT2D eigenvalue weighted by atomic mass is 35.5. The Hall–Kier alpha value is -1.95. The number of nitrogens with one attached hydrogen (secondary N) is 1. The molecule has 3 rings (SSSR count). The van der Waals surface area contributed by atoms with Gasteiger partial charge in [0.2, 0.25) is 11.7 Å². The number of amides is 1. The first-order valence-electron chi connectivity index (χ1n) is 6.57. The van der Waals surface area contributed by atoms with Crippen molar-refractivity contribution in [2.45, 2.75) is 25.3 Å². The average molecular weight is 292 g/mol. The van der Waals surface area contributed by atoms with Gasteiger partial charge >= 0.3 is 0 Å². The van der Waals surface area contributed by atoms with Crippen LogP contribution in [0.5, 0.6) is 0 Å². The molecule has 0 bridgehead atoms.